The van der Waals surface area contributed by atoms with Crippen molar-refractivity contribution < 1.29 is 29.0 Å². The van der Waals surface area contributed by atoms with Crippen LogP contribution in [-0.4, -0.2) is 29.5 Å². The fourth-order valence-corrected chi connectivity index (χ4v) is 3.54. The van der Waals surface area contributed by atoms with E-state index >= 15 is 0 Å². The van der Waals surface area contributed by atoms with Crippen LogP contribution in [0.5, 0.6) is 17.2 Å². The second-order valence-electron chi connectivity index (χ2n) is 8.00. The van der Waals surface area contributed by atoms with Crippen LogP contribution in [-0.2, 0) is 14.3 Å². The lowest BCUT2D eigenvalue weighted by atomic mass is 10.1. The number of phenols is 1. The van der Waals surface area contributed by atoms with Gasteiger partial charge in [-0.2, -0.15) is 0 Å². The number of carbonyl (C=O) groups excluding carboxylic acids is 3. The minimum absolute atomic E-state index is 0.0823. The Balaban J connectivity index is 1.77. The Kier molecular flexibility index (Phi) is 8.09. The molecular formula is C27H28N2O6. The molecule has 35 heavy (non-hydrogen) atoms. The van der Waals surface area contributed by atoms with Crippen molar-refractivity contribution in [3.05, 3.63) is 82.9 Å². The SMILES string of the molecule is CCOC(=O)C(=O)Nc1cc(C)c(Oc2ccc(O)c(C(=O)N[C@H](C)c3ccccc3)c2)c(C)c1. The van der Waals surface area contributed by atoms with E-state index in [1.165, 1.54) is 12.1 Å². The van der Waals surface area contributed by atoms with Crippen molar-refractivity contribution in [3.63, 3.8) is 0 Å². The Morgan fingerprint density at radius 3 is 2.26 bits per heavy atom. The molecule has 8 heteroatoms. The van der Waals surface area contributed by atoms with Crippen LogP contribution in [0.15, 0.2) is 60.7 Å². The number of rotatable bonds is 7. The molecule has 0 saturated carbocycles. The number of aryl methyl sites for hydroxylation is 2. The lowest BCUT2D eigenvalue weighted by molar-refractivity contribution is -0.152. The molecule has 0 aliphatic heterocycles. The summed E-state index contributed by atoms with van der Waals surface area (Å²) in [5, 5.41) is 15.7. The summed E-state index contributed by atoms with van der Waals surface area (Å²) in [5.41, 5.74) is 2.83. The molecule has 0 bridgehead atoms. The van der Waals surface area contributed by atoms with E-state index in [0.717, 1.165) is 5.56 Å². The molecule has 3 N–H and O–H groups in total. The van der Waals surface area contributed by atoms with Gasteiger partial charge in [0, 0.05) is 5.69 Å². The fraction of sp³-hybridized carbons (Fsp3) is 0.222. The quantitative estimate of drug-likeness (QED) is 0.334. The number of aromatic hydroxyl groups is 1. The van der Waals surface area contributed by atoms with Gasteiger partial charge in [0.2, 0.25) is 0 Å². The predicted octanol–water partition coefficient (Wildman–Crippen LogP) is 4.79. The Morgan fingerprint density at radius 2 is 1.63 bits per heavy atom. The molecule has 0 aliphatic rings. The number of hydrogen-bond acceptors (Lipinski definition) is 6. The first-order chi connectivity index (χ1) is 16.7. The number of esters is 1. The summed E-state index contributed by atoms with van der Waals surface area (Å²) in [5.74, 6) is -1.54. The second-order valence-corrected chi connectivity index (χ2v) is 8.00. The van der Waals surface area contributed by atoms with Gasteiger partial charge in [0.1, 0.15) is 17.2 Å². The van der Waals surface area contributed by atoms with E-state index < -0.39 is 17.8 Å². The maximum absolute atomic E-state index is 12.8. The van der Waals surface area contributed by atoms with E-state index in [1.54, 1.807) is 39.0 Å². The predicted molar refractivity (Wildman–Crippen MR) is 132 cm³/mol. The highest BCUT2D eigenvalue weighted by Crippen LogP contribution is 2.33. The lowest BCUT2D eigenvalue weighted by Crippen LogP contribution is -2.26. The number of anilines is 1. The molecule has 0 aliphatic carbocycles. The van der Waals surface area contributed by atoms with Gasteiger partial charge in [0.15, 0.2) is 0 Å². The molecule has 8 nitrogen and oxygen atoms in total. The Hall–Kier alpha value is -4.33. The van der Waals surface area contributed by atoms with E-state index in [-0.39, 0.29) is 24.0 Å². The molecule has 0 spiro atoms. The smallest absolute Gasteiger partial charge is 0.397 e. The molecule has 3 aromatic carbocycles. The van der Waals surface area contributed by atoms with Crippen LogP contribution in [0.4, 0.5) is 5.69 Å². The minimum Gasteiger partial charge on any atom is -0.507 e. The van der Waals surface area contributed by atoms with Crippen molar-refractivity contribution in [2.24, 2.45) is 0 Å². The average Bonchev–Trinajstić information content (AvgIpc) is 2.83. The first-order valence-electron chi connectivity index (χ1n) is 11.2. The number of nitrogens with one attached hydrogen (secondary N) is 2. The third-order valence-electron chi connectivity index (χ3n) is 5.26. The molecule has 1 atom stereocenters. The maximum Gasteiger partial charge on any atom is 0.397 e. The van der Waals surface area contributed by atoms with Crippen molar-refractivity contribution in [3.8, 4) is 17.2 Å². The summed E-state index contributed by atoms with van der Waals surface area (Å²) >= 11 is 0. The summed E-state index contributed by atoms with van der Waals surface area (Å²) in [7, 11) is 0. The minimum atomic E-state index is -0.959. The van der Waals surface area contributed by atoms with Crippen LogP contribution in [0.25, 0.3) is 0 Å². The zero-order valence-corrected chi connectivity index (χ0v) is 20.0. The number of phenolic OH excluding ortho intramolecular Hbond substituents is 1. The third-order valence-corrected chi connectivity index (χ3v) is 5.26. The van der Waals surface area contributed by atoms with E-state index in [0.29, 0.717) is 28.3 Å². The highest BCUT2D eigenvalue weighted by Gasteiger charge is 2.18. The summed E-state index contributed by atoms with van der Waals surface area (Å²) < 4.78 is 10.7. The van der Waals surface area contributed by atoms with E-state index in [2.05, 4.69) is 10.6 Å². The maximum atomic E-state index is 12.8. The van der Waals surface area contributed by atoms with E-state index in [1.807, 2.05) is 37.3 Å². The van der Waals surface area contributed by atoms with Crippen LogP contribution < -0.4 is 15.4 Å². The molecule has 0 heterocycles. The van der Waals surface area contributed by atoms with Gasteiger partial charge in [-0.15, -0.1) is 0 Å². The van der Waals surface area contributed by atoms with Gasteiger partial charge < -0.3 is 25.2 Å². The number of ether oxygens (including phenoxy) is 2. The van der Waals surface area contributed by atoms with E-state index in [9.17, 15) is 19.5 Å². The van der Waals surface area contributed by atoms with Crippen molar-refractivity contribution in [2.45, 2.75) is 33.7 Å². The topological polar surface area (TPSA) is 114 Å². The summed E-state index contributed by atoms with van der Waals surface area (Å²) in [6.45, 7) is 7.16. The molecule has 0 saturated heterocycles. The normalized spacial score (nSPS) is 11.3. The molecule has 182 valence electrons. The van der Waals surface area contributed by atoms with Gasteiger partial charge in [-0.1, -0.05) is 30.3 Å². The van der Waals surface area contributed by atoms with Gasteiger partial charge in [-0.05, 0) is 74.7 Å². The highest BCUT2D eigenvalue weighted by atomic mass is 16.5. The lowest BCUT2D eigenvalue weighted by Gasteiger charge is -2.17. The van der Waals surface area contributed by atoms with Crippen LogP contribution in [0.1, 0.15) is 46.9 Å². The van der Waals surface area contributed by atoms with Gasteiger partial charge in [0.25, 0.3) is 5.91 Å². The number of hydrogen-bond donors (Lipinski definition) is 3. The first kappa shape index (κ1) is 25.3. The van der Waals surface area contributed by atoms with Crippen molar-refractivity contribution in [2.75, 3.05) is 11.9 Å². The van der Waals surface area contributed by atoms with Crippen LogP contribution >= 0.6 is 0 Å². The second kappa shape index (κ2) is 11.2. The van der Waals surface area contributed by atoms with Gasteiger partial charge >= 0.3 is 11.9 Å². The monoisotopic (exact) mass is 476 g/mol. The number of carbonyl (C=O) groups is 3. The zero-order chi connectivity index (χ0) is 25.5. The van der Waals surface area contributed by atoms with Gasteiger partial charge in [0.05, 0.1) is 18.2 Å². The first-order valence-corrected chi connectivity index (χ1v) is 11.2. The summed E-state index contributed by atoms with van der Waals surface area (Å²) in [4.78, 5) is 36.3. The van der Waals surface area contributed by atoms with Crippen molar-refractivity contribution in [1.29, 1.82) is 0 Å². The number of benzene rings is 3. The molecule has 0 fully saturated rings. The van der Waals surface area contributed by atoms with Crippen LogP contribution in [0.3, 0.4) is 0 Å². The summed E-state index contributed by atoms with van der Waals surface area (Å²) in [6, 6.07) is 17.0. The van der Waals surface area contributed by atoms with Crippen molar-refractivity contribution >= 4 is 23.5 Å². The van der Waals surface area contributed by atoms with E-state index in [4.69, 9.17) is 9.47 Å². The van der Waals surface area contributed by atoms with Gasteiger partial charge in [-0.3, -0.25) is 9.59 Å². The Labute approximate surface area is 203 Å². The Morgan fingerprint density at radius 1 is 0.971 bits per heavy atom. The molecule has 0 radical (unpaired) electrons. The molecule has 0 aromatic heterocycles. The Bertz CT molecular complexity index is 1220. The third kappa shape index (κ3) is 6.38. The number of amides is 2. The molecule has 0 unspecified atom stereocenters. The fourth-order valence-electron chi connectivity index (χ4n) is 3.54. The van der Waals surface area contributed by atoms with Crippen LogP contribution in [0.2, 0.25) is 0 Å². The van der Waals surface area contributed by atoms with Gasteiger partial charge in [-0.25, -0.2) is 4.79 Å². The standard InChI is InChI=1S/C27H28N2O6/c1-5-34-27(33)26(32)29-20-13-16(2)24(17(3)14-20)35-21-11-12-23(30)22(15-21)25(31)28-18(4)19-9-7-6-8-10-19/h6-15,18,30H,5H2,1-4H3,(H,28,31)(H,29,32)/t18-/m1/s1. The molecular weight excluding hydrogens is 448 g/mol. The molecule has 3 aromatic rings. The van der Waals surface area contributed by atoms with Crippen LogP contribution in [0, 0.1) is 13.8 Å². The average molecular weight is 477 g/mol. The highest BCUT2D eigenvalue weighted by molar-refractivity contribution is 6.37. The molecule has 2 amide bonds. The summed E-state index contributed by atoms with van der Waals surface area (Å²) in [6.07, 6.45) is 0. The largest absolute Gasteiger partial charge is 0.507 e. The van der Waals surface area contributed by atoms with Crippen molar-refractivity contribution in [1.82, 2.24) is 5.32 Å². The zero-order valence-electron chi connectivity index (χ0n) is 20.0. The molecule has 3 rings (SSSR count).